The molecule has 17 heavy (non-hydrogen) atoms. The van der Waals surface area contributed by atoms with Crippen LogP contribution in [-0.4, -0.2) is 53.2 Å². The van der Waals surface area contributed by atoms with Gasteiger partial charge in [-0.25, -0.2) is 4.79 Å². The van der Waals surface area contributed by atoms with Crippen molar-refractivity contribution in [2.75, 3.05) is 31.1 Å². The minimum atomic E-state index is -1.04. The van der Waals surface area contributed by atoms with E-state index in [0.717, 1.165) is 19.6 Å². The SMILES string of the molecule is O=C(O)c1coc(N2CCN3CCCC3C2)n1. The molecule has 6 heteroatoms. The molecule has 2 fully saturated rings. The van der Waals surface area contributed by atoms with Crippen molar-refractivity contribution in [3.8, 4) is 0 Å². The predicted octanol–water partition coefficient (Wildman–Crippen LogP) is 0.657. The Morgan fingerprint density at radius 2 is 2.35 bits per heavy atom. The highest BCUT2D eigenvalue weighted by molar-refractivity contribution is 5.85. The summed E-state index contributed by atoms with van der Waals surface area (Å²) < 4.78 is 5.23. The maximum Gasteiger partial charge on any atom is 0.357 e. The molecule has 0 aromatic carbocycles. The molecule has 0 amide bonds. The van der Waals surface area contributed by atoms with Crippen LogP contribution >= 0.6 is 0 Å². The number of nitrogens with zero attached hydrogens (tertiary/aromatic N) is 3. The van der Waals surface area contributed by atoms with E-state index in [4.69, 9.17) is 9.52 Å². The minimum absolute atomic E-state index is 0.0196. The summed E-state index contributed by atoms with van der Waals surface area (Å²) in [6.07, 6.45) is 3.67. The highest BCUT2D eigenvalue weighted by Crippen LogP contribution is 2.24. The van der Waals surface area contributed by atoms with Gasteiger partial charge in [-0.2, -0.15) is 4.98 Å². The van der Waals surface area contributed by atoms with Crippen LogP contribution in [0.3, 0.4) is 0 Å². The molecule has 6 nitrogen and oxygen atoms in total. The molecule has 1 N–H and O–H groups in total. The fraction of sp³-hybridized carbons (Fsp3) is 0.636. The molecule has 0 bridgehead atoms. The summed E-state index contributed by atoms with van der Waals surface area (Å²) in [6.45, 7) is 3.94. The zero-order chi connectivity index (χ0) is 11.8. The van der Waals surface area contributed by atoms with Gasteiger partial charge >= 0.3 is 5.97 Å². The number of hydrogen-bond acceptors (Lipinski definition) is 5. The number of carbonyl (C=O) groups is 1. The lowest BCUT2D eigenvalue weighted by Gasteiger charge is -2.36. The molecule has 3 rings (SSSR count). The van der Waals surface area contributed by atoms with Crippen molar-refractivity contribution in [1.82, 2.24) is 9.88 Å². The summed E-state index contributed by atoms with van der Waals surface area (Å²) in [5, 5.41) is 8.80. The summed E-state index contributed by atoms with van der Waals surface area (Å²) in [4.78, 5) is 19.2. The normalized spacial score (nSPS) is 24.9. The second kappa shape index (κ2) is 4.03. The van der Waals surface area contributed by atoms with E-state index in [9.17, 15) is 4.79 Å². The predicted molar refractivity (Wildman–Crippen MR) is 60.3 cm³/mol. The van der Waals surface area contributed by atoms with Crippen LogP contribution in [0.25, 0.3) is 0 Å². The Kier molecular flexibility index (Phi) is 2.51. The topological polar surface area (TPSA) is 69.8 Å². The molecule has 0 spiro atoms. The summed E-state index contributed by atoms with van der Waals surface area (Å²) in [5.41, 5.74) is -0.0196. The van der Waals surface area contributed by atoms with Gasteiger partial charge in [-0.3, -0.25) is 4.90 Å². The molecule has 3 heterocycles. The van der Waals surface area contributed by atoms with E-state index in [-0.39, 0.29) is 5.69 Å². The first-order chi connectivity index (χ1) is 8.24. The maximum atomic E-state index is 10.7. The van der Waals surface area contributed by atoms with E-state index in [2.05, 4.69) is 9.88 Å². The molecule has 0 radical (unpaired) electrons. The maximum absolute atomic E-state index is 10.7. The van der Waals surface area contributed by atoms with Crippen molar-refractivity contribution in [3.05, 3.63) is 12.0 Å². The number of aromatic nitrogens is 1. The van der Waals surface area contributed by atoms with Crippen molar-refractivity contribution >= 4 is 12.0 Å². The average molecular weight is 237 g/mol. The van der Waals surface area contributed by atoms with Crippen LogP contribution in [0.1, 0.15) is 23.3 Å². The number of carboxylic acids is 1. The second-order valence-electron chi connectivity index (χ2n) is 4.60. The zero-order valence-electron chi connectivity index (χ0n) is 9.50. The van der Waals surface area contributed by atoms with E-state index in [1.165, 1.54) is 25.6 Å². The van der Waals surface area contributed by atoms with E-state index in [1.54, 1.807) is 0 Å². The standard InChI is InChI=1S/C11H15N3O3/c15-10(16)9-7-17-11(12-9)14-5-4-13-3-1-2-8(13)6-14/h7-8H,1-6H2,(H,15,16). The van der Waals surface area contributed by atoms with Crippen molar-refractivity contribution in [1.29, 1.82) is 0 Å². The molecular weight excluding hydrogens is 222 g/mol. The Hall–Kier alpha value is -1.56. The van der Waals surface area contributed by atoms with Crippen molar-refractivity contribution < 1.29 is 14.3 Å². The molecule has 2 aliphatic rings. The van der Waals surface area contributed by atoms with Crippen LogP contribution in [0.4, 0.5) is 6.01 Å². The molecule has 0 saturated carbocycles. The molecule has 1 aromatic rings. The van der Waals surface area contributed by atoms with E-state index < -0.39 is 5.97 Å². The quantitative estimate of drug-likeness (QED) is 0.814. The van der Waals surface area contributed by atoms with Crippen molar-refractivity contribution in [3.63, 3.8) is 0 Å². The molecule has 1 aromatic heterocycles. The first-order valence-electron chi connectivity index (χ1n) is 5.92. The highest BCUT2D eigenvalue weighted by atomic mass is 16.4. The van der Waals surface area contributed by atoms with Crippen LogP contribution in [-0.2, 0) is 0 Å². The van der Waals surface area contributed by atoms with Gasteiger partial charge in [0.05, 0.1) is 0 Å². The number of oxazole rings is 1. The number of rotatable bonds is 2. The van der Waals surface area contributed by atoms with Gasteiger partial charge in [0.15, 0.2) is 5.69 Å². The molecule has 1 atom stereocenters. The molecule has 2 aliphatic heterocycles. The van der Waals surface area contributed by atoms with Crippen molar-refractivity contribution in [2.24, 2.45) is 0 Å². The number of anilines is 1. The third-order valence-electron chi connectivity index (χ3n) is 3.57. The lowest BCUT2D eigenvalue weighted by atomic mass is 10.2. The van der Waals surface area contributed by atoms with Gasteiger partial charge in [0.1, 0.15) is 6.26 Å². The zero-order valence-corrected chi connectivity index (χ0v) is 9.50. The summed E-state index contributed by atoms with van der Waals surface area (Å²) >= 11 is 0. The third kappa shape index (κ3) is 1.88. The fourth-order valence-electron chi connectivity index (χ4n) is 2.67. The molecule has 2 saturated heterocycles. The van der Waals surface area contributed by atoms with Gasteiger partial charge in [0.2, 0.25) is 0 Å². The summed E-state index contributed by atoms with van der Waals surface area (Å²) in [6, 6.07) is 1.01. The third-order valence-corrected chi connectivity index (χ3v) is 3.57. The smallest absolute Gasteiger partial charge is 0.357 e. The van der Waals surface area contributed by atoms with Crippen LogP contribution < -0.4 is 4.90 Å². The number of carboxylic acid groups (broad SMARTS) is 1. The molecular formula is C11H15N3O3. The van der Waals surface area contributed by atoms with Crippen LogP contribution in [0.2, 0.25) is 0 Å². The first-order valence-corrected chi connectivity index (χ1v) is 5.92. The molecule has 1 unspecified atom stereocenters. The van der Waals surface area contributed by atoms with Gasteiger partial charge in [-0.1, -0.05) is 0 Å². The number of hydrogen-bond donors (Lipinski definition) is 1. The van der Waals surface area contributed by atoms with E-state index >= 15 is 0 Å². The van der Waals surface area contributed by atoms with E-state index in [1.807, 2.05) is 4.90 Å². The number of aromatic carboxylic acids is 1. The van der Waals surface area contributed by atoms with Crippen molar-refractivity contribution in [2.45, 2.75) is 18.9 Å². The highest BCUT2D eigenvalue weighted by Gasteiger charge is 2.32. The second-order valence-corrected chi connectivity index (χ2v) is 4.60. The largest absolute Gasteiger partial charge is 0.476 e. The summed E-state index contributed by atoms with van der Waals surface area (Å²) in [7, 11) is 0. The van der Waals surface area contributed by atoms with Crippen LogP contribution in [0.5, 0.6) is 0 Å². The Labute approximate surface area is 98.8 Å². The summed E-state index contributed by atoms with van der Waals surface area (Å²) in [5.74, 6) is -1.04. The Morgan fingerprint density at radius 3 is 3.12 bits per heavy atom. The average Bonchev–Trinajstić information content (AvgIpc) is 2.97. The van der Waals surface area contributed by atoms with Crippen LogP contribution in [0.15, 0.2) is 10.7 Å². The van der Waals surface area contributed by atoms with Gasteiger partial charge in [-0.15, -0.1) is 0 Å². The van der Waals surface area contributed by atoms with Gasteiger partial charge < -0.3 is 14.4 Å². The van der Waals surface area contributed by atoms with Gasteiger partial charge in [0, 0.05) is 25.7 Å². The van der Waals surface area contributed by atoms with Gasteiger partial charge in [-0.05, 0) is 19.4 Å². The Bertz CT molecular complexity index is 431. The number of piperazine rings is 1. The fourth-order valence-corrected chi connectivity index (χ4v) is 2.67. The van der Waals surface area contributed by atoms with Crippen LogP contribution in [0, 0.1) is 0 Å². The number of fused-ring (bicyclic) bond motifs is 1. The monoisotopic (exact) mass is 237 g/mol. The van der Waals surface area contributed by atoms with E-state index in [0.29, 0.717) is 12.1 Å². The molecule has 92 valence electrons. The minimum Gasteiger partial charge on any atom is -0.476 e. The lowest BCUT2D eigenvalue weighted by molar-refractivity contribution is 0.0690. The first kappa shape index (κ1) is 10.6. The molecule has 0 aliphatic carbocycles. The Morgan fingerprint density at radius 1 is 1.47 bits per heavy atom. The lowest BCUT2D eigenvalue weighted by Crippen LogP contribution is -2.50. The van der Waals surface area contributed by atoms with Gasteiger partial charge in [0.25, 0.3) is 6.01 Å². The Balaban J connectivity index is 1.73.